The predicted octanol–water partition coefficient (Wildman–Crippen LogP) is 3.81. The summed E-state index contributed by atoms with van der Waals surface area (Å²) in [5.74, 6) is -0.414. The van der Waals surface area contributed by atoms with Crippen molar-refractivity contribution in [1.29, 1.82) is 0 Å². The normalized spacial score (nSPS) is 12.1. The Hall–Kier alpha value is -1.85. The number of rotatable bonds is 5. The second kappa shape index (κ2) is 6.74. The zero-order chi connectivity index (χ0) is 15.4. The minimum atomic E-state index is -1.96. The largest absolute Gasteiger partial charge is 0.306 e. The number of hydrogen-bond acceptors (Lipinski definition) is 2. The quantitative estimate of drug-likeness (QED) is 0.675. The van der Waals surface area contributed by atoms with Gasteiger partial charge in [0.05, 0.1) is 5.75 Å². The van der Waals surface area contributed by atoms with E-state index in [-0.39, 0.29) is 17.4 Å². The lowest BCUT2D eigenvalue weighted by Crippen LogP contribution is -2.02. The highest BCUT2D eigenvalue weighted by molar-refractivity contribution is 7.78. The third kappa shape index (κ3) is 3.83. The average molecular weight is 306 g/mol. The first-order chi connectivity index (χ1) is 10.0. The van der Waals surface area contributed by atoms with E-state index >= 15 is 0 Å². The van der Waals surface area contributed by atoms with E-state index in [1.807, 2.05) is 0 Å². The van der Waals surface area contributed by atoms with Gasteiger partial charge in [0.25, 0.3) is 0 Å². The molecule has 2 aromatic carbocycles. The van der Waals surface area contributed by atoms with Gasteiger partial charge in [-0.2, -0.15) is 0 Å². The summed E-state index contributed by atoms with van der Waals surface area (Å²) >= 11 is -1.96. The standard InChI is InChI=1S/C16H15FO3S/c1-2-16(18)15-9-11(10-21(19)20)3-8-14(15)12-4-6-13(17)7-5-12/h3-9H,2,10H2,1H3,(H,19,20). The smallest absolute Gasteiger partial charge is 0.163 e. The number of carbonyl (C=O) groups is 1. The molecule has 0 saturated carbocycles. The predicted molar refractivity (Wildman–Crippen MR) is 80.9 cm³/mol. The molecule has 0 aliphatic heterocycles. The molecule has 0 fully saturated rings. The molecule has 0 bridgehead atoms. The van der Waals surface area contributed by atoms with Crippen LogP contribution < -0.4 is 0 Å². The van der Waals surface area contributed by atoms with E-state index in [9.17, 15) is 13.4 Å². The van der Waals surface area contributed by atoms with Crippen LogP contribution in [-0.2, 0) is 16.8 Å². The number of benzene rings is 2. The second-order valence-corrected chi connectivity index (χ2v) is 5.56. The SMILES string of the molecule is CCC(=O)c1cc(CS(=O)O)ccc1-c1ccc(F)cc1. The van der Waals surface area contributed by atoms with Crippen LogP contribution >= 0.6 is 0 Å². The van der Waals surface area contributed by atoms with Crippen LogP contribution in [0.2, 0.25) is 0 Å². The molecule has 0 saturated heterocycles. The molecule has 0 aliphatic carbocycles. The van der Waals surface area contributed by atoms with Crippen LogP contribution in [0.1, 0.15) is 29.3 Å². The van der Waals surface area contributed by atoms with E-state index in [0.29, 0.717) is 23.1 Å². The molecule has 5 heteroatoms. The van der Waals surface area contributed by atoms with Crippen molar-refractivity contribution < 1.29 is 17.9 Å². The summed E-state index contributed by atoms with van der Waals surface area (Å²) in [7, 11) is 0. The first-order valence-corrected chi connectivity index (χ1v) is 7.78. The molecule has 3 nitrogen and oxygen atoms in total. The molecular formula is C16H15FO3S. The Kier molecular flexibility index (Phi) is 4.98. The molecule has 21 heavy (non-hydrogen) atoms. The summed E-state index contributed by atoms with van der Waals surface area (Å²) < 4.78 is 32.9. The molecule has 0 amide bonds. The zero-order valence-electron chi connectivity index (χ0n) is 11.5. The minimum Gasteiger partial charge on any atom is -0.306 e. The van der Waals surface area contributed by atoms with E-state index < -0.39 is 11.1 Å². The lowest BCUT2D eigenvalue weighted by molar-refractivity contribution is 0.0988. The molecule has 0 aromatic heterocycles. The van der Waals surface area contributed by atoms with Crippen molar-refractivity contribution in [2.45, 2.75) is 19.1 Å². The van der Waals surface area contributed by atoms with Gasteiger partial charge in [-0.1, -0.05) is 31.2 Å². The van der Waals surface area contributed by atoms with Crippen LogP contribution in [0.25, 0.3) is 11.1 Å². The van der Waals surface area contributed by atoms with Gasteiger partial charge in [0.1, 0.15) is 5.82 Å². The van der Waals surface area contributed by atoms with E-state index in [1.165, 1.54) is 12.1 Å². The van der Waals surface area contributed by atoms with Crippen LogP contribution in [0.15, 0.2) is 42.5 Å². The van der Waals surface area contributed by atoms with Gasteiger partial charge in [0.2, 0.25) is 0 Å². The van der Waals surface area contributed by atoms with Crippen LogP contribution in [0.4, 0.5) is 4.39 Å². The van der Waals surface area contributed by atoms with Crippen LogP contribution in [-0.4, -0.2) is 14.5 Å². The molecule has 1 atom stereocenters. The van der Waals surface area contributed by atoms with Crippen LogP contribution in [0, 0.1) is 5.82 Å². The number of halogens is 1. The lowest BCUT2D eigenvalue weighted by Gasteiger charge is -2.10. The van der Waals surface area contributed by atoms with Gasteiger partial charge in [-0.15, -0.1) is 0 Å². The van der Waals surface area contributed by atoms with Crippen molar-refractivity contribution in [3.05, 3.63) is 59.4 Å². The Morgan fingerprint density at radius 1 is 1.19 bits per heavy atom. The fraction of sp³-hybridized carbons (Fsp3) is 0.188. The topological polar surface area (TPSA) is 54.4 Å². The Morgan fingerprint density at radius 2 is 1.86 bits per heavy atom. The van der Waals surface area contributed by atoms with Crippen molar-refractivity contribution in [3.8, 4) is 11.1 Å². The number of Topliss-reactive ketones (excluding diaryl/α,β-unsaturated/α-hetero) is 1. The van der Waals surface area contributed by atoms with Crippen molar-refractivity contribution in [3.63, 3.8) is 0 Å². The summed E-state index contributed by atoms with van der Waals surface area (Å²) in [4.78, 5) is 12.1. The first kappa shape index (κ1) is 15.5. The van der Waals surface area contributed by atoms with E-state index in [2.05, 4.69) is 0 Å². The Bertz CT molecular complexity index is 680. The number of ketones is 1. The maximum atomic E-state index is 13.0. The Labute approximate surface area is 125 Å². The highest BCUT2D eigenvalue weighted by Gasteiger charge is 2.13. The first-order valence-electron chi connectivity index (χ1n) is 6.50. The highest BCUT2D eigenvalue weighted by atomic mass is 32.2. The molecule has 1 unspecified atom stereocenters. The molecule has 2 aromatic rings. The van der Waals surface area contributed by atoms with E-state index in [0.717, 1.165) is 5.56 Å². The maximum absolute atomic E-state index is 13.0. The third-order valence-corrected chi connectivity index (χ3v) is 3.73. The lowest BCUT2D eigenvalue weighted by atomic mass is 9.94. The Balaban J connectivity index is 2.51. The summed E-state index contributed by atoms with van der Waals surface area (Å²) in [6, 6.07) is 11.0. The van der Waals surface area contributed by atoms with Crippen LogP contribution in [0.3, 0.4) is 0 Å². The second-order valence-electron chi connectivity index (χ2n) is 4.63. The summed E-state index contributed by atoms with van der Waals surface area (Å²) in [5.41, 5.74) is 2.56. The number of hydrogen-bond donors (Lipinski definition) is 1. The fourth-order valence-corrected chi connectivity index (χ4v) is 2.59. The third-order valence-electron chi connectivity index (χ3n) is 3.15. The number of carbonyl (C=O) groups excluding carboxylic acids is 1. The summed E-state index contributed by atoms with van der Waals surface area (Å²) in [5, 5.41) is 0. The molecule has 110 valence electrons. The summed E-state index contributed by atoms with van der Waals surface area (Å²) in [6.07, 6.45) is 0.333. The van der Waals surface area contributed by atoms with Gasteiger partial charge in [-0.05, 0) is 34.9 Å². The Morgan fingerprint density at radius 3 is 2.43 bits per heavy atom. The molecule has 0 radical (unpaired) electrons. The van der Waals surface area contributed by atoms with Gasteiger partial charge in [-0.3, -0.25) is 4.79 Å². The van der Waals surface area contributed by atoms with Gasteiger partial charge < -0.3 is 4.55 Å². The fourth-order valence-electron chi connectivity index (χ4n) is 2.13. The van der Waals surface area contributed by atoms with Crippen molar-refractivity contribution in [1.82, 2.24) is 0 Å². The molecule has 0 aliphatic rings. The molecule has 0 heterocycles. The van der Waals surface area contributed by atoms with Gasteiger partial charge >= 0.3 is 0 Å². The molecule has 2 rings (SSSR count). The minimum absolute atomic E-state index is 0.0201. The average Bonchev–Trinajstić information content (AvgIpc) is 2.47. The monoisotopic (exact) mass is 306 g/mol. The van der Waals surface area contributed by atoms with E-state index in [4.69, 9.17) is 4.55 Å². The zero-order valence-corrected chi connectivity index (χ0v) is 12.3. The van der Waals surface area contributed by atoms with Crippen molar-refractivity contribution >= 4 is 16.9 Å². The van der Waals surface area contributed by atoms with E-state index in [1.54, 1.807) is 37.3 Å². The highest BCUT2D eigenvalue weighted by Crippen LogP contribution is 2.26. The maximum Gasteiger partial charge on any atom is 0.163 e. The van der Waals surface area contributed by atoms with Gasteiger partial charge in [0.15, 0.2) is 16.9 Å². The summed E-state index contributed by atoms with van der Waals surface area (Å²) in [6.45, 7) is 1.76. The van der Waals surface area contributed by atoms with Crippen molar-refractivity contribution in [2.24, 2.45) is 0 Å². The molecule has 0 spiro atoms. The van der Waals surface area contributed by atoms with Gasteiger partial charge in [-0.25, -0.2) is 8.60 Å². The molecular weight excluding hydrogens is 291 g/mol. The van der Waals surface area contributed by atoms with Crippen molar-refractivity contribution in [2.75, 3.05) is 0 Å². The molecule has 1 N–H and O–H groups in total. The van der Waals surface area contributed by atoms with Crippen LogP contribution in [0.5, 0.6) is 0 Å². The van der Waals surface area contributed by atoms with Gasteiger partial charge in [0, 0.05) is 12.0 Å².